The van der Waals surface area contributed by atoms with E-state index in [1.54, 1.807) is 0 Å². The summed E-state index contributed by atoms with van der Waals surface area (Å²) < 4.78 is 0. The quantitative estimate of drug-likeness (QED) is 0.667. The molecule has 3 N–H and O–H groups in total. The first-order valence-electron chi connectivity index (χ1n) is 3.07. The first-order valence-corrected chi connectivity index (χ1v) is 3.89. The Bertz CT molecular complexity index is 337. The molecule has 11 heavy (non-hydrogen) atoms. The van der Waals surface area contributed by atoms with Crippen molar-refractivity contribution in [1.29, 1.82) is 0 Å². The van der Waals surface area contributed by atoms with Gasteiger partial charge in [-0.3, -0.25) is 5.10 Å². The van der Waals surface area contributed by atoms with Crippen LogP contribution in [0.25, 0.3) is 10.7 Å². The van der Waals surface area contributed by atoms with E-state index in [1.165, 1.54) is 17.7 Å². The Hall–Kier alpha value is -1.36. The second-order valence-electron chi connectivity index (χ2n) is 2.04. The lowest BCUT2D eigenvalue weighted by Crippen LogP contribution is -1.74. The number of nitrogens with two attached hydrogens (primary N) is 1. The summed E-state index contributed by atoms with van der Waals surface area (Å²) in [5.41, 5.74) is 5.54. The van der Waals surface area contributed by atoms with Gasteiger partial charge >= 0.3 is 0 Å². The van der Waals surface area contributed by atoms with Gasteiger partial charge < -0.3 is 5.73 Å². The van der Waals surface area contributed by atoms with Gasteiger partial charge in [0.1, 0.15) is 6.33 Å². The van der Waals surface area contributed by atoms with Crippen LogP contribution in [-0.4, -0.2) is 15.2 Å². The lowest BCUT2D eigenvalue weighted by molar-refractivity contribution is 1.10. The molecule has 2 heterocycles. The van der Waals surface area contributed by atoms with E-state index in [4.69, 9.17) is 5.73 Å². The van der Waals surface area contributed by atoms with Crippen molar-refractivity contribution in [3.63, 3.8) is 0 Å². The molecule has 5 heteroatoms. The fourth-order valence-electron chi connectivity index (χ4n) is 0.804. The Balaban J connectivity index is 2.45. The maximum absolute atomic E-state index is 5.54. The smallest absolute Gasteiger partial charge is 0.165 e. The maximum atomic E-state index is 5.54. The summed E-state index contributed by atoms with van der Waals surface area (Å²) in [6.45, 7) is 0. The van der Waals surface area contributed by atoms with Gasteiger partial charge in [-0.2, -0.15) is 5.10 Å². The number of nitrogens with zero attached hydrogens (tertiary/aromatic N) is 2. The van der Waals surface area contributed by atoms with Crippen LogP contribution in [0.5, 0.6) is 0 Å². The van der Waals surface area contributed by atoms with Crippen LogP contribution >= 0.6 is 11.3 Å². The van der Waals surface area contributed by atoms with Gasteiger partial charge in [0.2, 0.25) is 0 Å². The first kappa shape index (κ1) is 6.36. The Morgan fingerprint density at radius 3 is 2.91 bits per heavy atom. The summed E-state index contributed by atoms with van der Waals surface area (Å²) in [5.74, 6) is 0.770. The zero-order valence-electron chi connectivity index (χ0n) is 5.61. The Morgan fingerprint density at radius 1 is 1.45 bits per heavy atom. The molecule has 0 bridgehead atoms. The molecule has 0 unspecified atom stereocenters. The second-order valence-corrected chi connectivity index (χ2v) is 3.15. The van der Waals surface area contributed by atoms with Crippen molar-refractivity contribution in [2.45, 2.75) is 0 Å². The summed E-state index contributed by atoms with van der Waals surface area (Å²) >= 11 is 1.49. The molecule has 2 aromatic heterocycles. The largest absolute Gasteiger partial charge is 0.391 e. The first-order chi connectivity index (χ1) is 5.36. The van der Waals surface area contributed by atoms with Gasteiger partial charge in [0.15, 0.2) is 5.82 Å². The standard InChI is InChI=1S/C6H6N4S/c7-5-2-1-4(11-5)6-8-3-9-10-6/h1-3H,7H2,(H,8,9,10). The van der Waals surface area contributed by atoms with Crippen LogP contribution < -0.4 is 5.73 Å². The highest BCUT2D eigenvalue weighted by molar-refractivity contribution is 7.19. The average Bonchev–Trinajstić information content (AvgIpc) is 2.55. The van der Waals surface area contributed by atoms with E-state index >= 15 is 0 Å². The Kier molecular flexibility index (Phi) is 1.36. The molecule has 0 aliphatic rings. The molecular formula is C6H6N4S. The fraction of sp³-hybridized carbons (Fsp3) is 0. The van der Waals surface area contributed by atoms with E-state index < -0.39 is 0 Å². The molecule has 0 atom stereocenters. The number of rotatable bonds is 1. The third-order valence-corrected chi connectivity index (χ3v) is 2.20. The molecule has 0 aliphatic carbocycles. The number of hydrogen-bond donors (Lipinski definition) is 2. The predicted molar refractivity (Wildman–Crippen MR) is 44.1 cm³/mol. The fourth-order valence-corrected chi connectivity index (χ4v) is 1.53. The topological polar surface area (TPSA) is 67.6 Å². The monoisotopic (exact) mass is 166 g/mol. The minimum atomic E-state index is 0.770. The molecule has 0 saturated heterocycles. The highest BCUT2D eigenvalue weighted by atomic mass is 32.1. The zero-order chi connectivity index (χ0) is 7.68. The molecule has 2 aromatic rings. The number of H-pyrrole nitrogens is 1. The van der Waals surface area contributed by atoms with Crippen LogP contribution in [0.15, 0.2) is 18.5 Å². The van der Waals surface area contributed by atoms with Gasteiger partial charge in [-0.25, -0.2) is 4.98 Å². The number of aromatic amines is 1. The number of thiophene rings is 1. The molecule has 0 spiro atoms. The third-order valence-electron chi connectivity index (χ3n) is 1.28. The molecule has 4 nitrogen and oxygen atoms in total. The van der Waals surface area contributed by atoms with Gasteiger partial charge in [0, 0.05) is 0 Å². The van der Waals surface area contributed by atoms with E-state index in [2.05, 4.69) is 15.2 Å². The summed E-state index contributed by atoms with van der Waals surface area (Å²) in [6, 6.07) is 3.77. The average molecular weight is 166 g/mol. The van der Waals surface area contributed by atoms with Gasteiger partial charge in [-0.1, -0.05) is 0 Å². The predicted octanol–water partition coefficient (Wildman–Crippen LogP) is 1.12. The van der Waals surface area contributed by atoms with Crippen molar-refractivity contribution in [3.05, 3.63) is 18.5 Å². The SMILES string of the molecule is Nc1ccc(-c2ncn[nH]2)s1. The lowest BCUT2D eigenvalue weighted by atomic mass is 10.4. The Labute approximate surface area is 67.1 Å². The number of aromatic nitrogens is 3. The summed E-state index contributed by atoms with van der Waals surface area (Å²) in [5, 5.41) is 7.29. The molecule has 0 radical (unpaired) electrons. The van der Waals surface area contributed by atoms with Crippen molar-refractivity contribution in [1.82, 2.24) is 15.2 Å². The molecule has 0 saturated carbocycles. The van der Waals surface area contributed by atoms with Crippen molar-refractivity contribution in [2.24, 2.45) is 0 Å². The molecule has 0 fully saturated rings. The van der Waals surface area contributed by atoms with Crippen LogP contribution in [0.2, 0.25) is 0 Å². The molecule has 0 amide bonds. The molecule has 0 aliphatic heterocycles. The summed E-state index contributed by atoms with van der Waals surface area (Å²) in [4.78, 5) is 5.00. The molecule has 56 valence electrons. The lowest BCUT2D eigenvalue weighted by Gasteiger charge is -1.84. The van der Waals surface area contributed by atoms with E-state index in [9.17, 15) is 0 Å². The van der Waals surface area contributed by atoms with Crippen LogP contribution in [-0.2, 0) is 0 Å². The van der Waals surface area contributed by atoms with E-state index in [-0.39, 0.29) is 0 Å². The highest BCUT2D eigenvalue weighted by Gasteiger charge is 2.01. The number of anilines is 1. The molecular weight excluding hydrogens is 160 g/mol. The van der Waals surface area contributed by atoms with Crippen LogP contribution in [0, 0.1) is 0 Å². The second kappa shape index (κ2) is 2.35. The van der Waals surface area contributed by atoms with Gasteiger partial charge in [0.25, 0.3) is 0 Å². The molecule has 2 rings (SSSR count). The van der Waals surface area contributed by atoms with Gasteiger partial charge in [-0.15, -0.1) is 11.3 Å². The van der Waals surface area contributed by atoms with Crippen LogP contribution in [0.1, 0.15) is 0 Å². The number of hydrogen-bond acceptors (Lipinski definition) is 4. The van der Waals surface area contributed by atoms with Gasteiger partial charge in [-0.05, 0) is 12.1 Å². The van der Waals surface area contributed by atoms with Gasteiger partial charge in [0.05, 0.1) is 9.88 Å². The molecule has 0 aromatic carbocycles. The van der Waals surface area contributed by atoms with Crippen LogP contribution in [0.4, 0.5) is 5.00 Å². The van der Waals surface area contributed by atoms with E-state index in [0.29, 0.717) is 0 Å². The number of nitrogen functional groups attached to an aromatic ring is 1. The van der Waals surface area contributed by atoms with E-state index in [0.717, 1.165) is 15.7 Å². The van der Waals surface area contributed by atoms with Crippen molar-refractivity contribution >= 4 is 16.3 Å². The summed E-state index contributed by atoms with van der Waals surface area (Å²) in [7, 11) is 0. The Morgan fingerprint density at radius 2 is 2.36 bits per heavy atom. The van der Waals surface area contributed by atoms with Crippen LogP contribution in [0.3, 0.4) is 0 Å². The van der Waals surface area contributed by atoms with Crippen molar-refractivity contribution in [2.75, 3.05) is 5.73 Å². The van der Waals surface area contributed by atoms with E-state index in [1.807, 2.05) is 12.1 Å². The normalized spacial score (nSPS) is 10.2. The maximum Gasteiger partial charge on any atom is 0.165 e. The minimum Gasteiger partial charge on any atom is -0.391 e. The summed E-state index contributed by atoms with van der Waals surface area (Å²) in [6.07, 6.45) is 1.48. The highest BCUT2D eigenvalue weighted by Crippen LogP contribution is 2.25. The number of nitrogens with one attached hydrogen (secondary N) is 1. The zero-order valence-corrected chi connectivity index (χ0v) is 6.43. The van der Waals surface area contributed by atoms with Crippen molar-refractivity contribution in [3.8, 4) is 10.7 Å². The minimum absolute atomic E-state index is 0.770. The van der Waals surface area contributed by atoms with Crippen molar-refractivity contribution < 1.29 is 0 Å². The third kappa shape index (κ3) is 1.10.